The van der Waals surface area contributed by atoms with Gasteiger partial charge in [0.05, 0.1) is 11.9 Å². The van der Waals surface area contributed by atoms with Crippen molar-refractivity contribution in [2.45, 2.75) is 26.3 Å². The third-order valence-electron chi connectivity index (χ3n) is 2.37. The molecule has 0 saturated carbocycles. The molecule has 2 N–H and O–H groups in total. The largest absolute Gasteiger partial charge is 0.397 e. The van der Waals surface area contributed by atoms with Crippen LogP contribution in [0.15, 0.2) is 24.5 Å². The Balaban J connectivity index is 2.37. The fourth-order valence-corrected chi connectivity index (χ4v) is 1.60. The predicted molar refractivity (Wildman–Crippen MR) is 59.1 cm³/mol. The minimum absolute atomic E-state index is 0.728. The van der Waals surface area contributed by atoms with Gasteiger partial charge in [-0.25, -0.2) is 4.98 Å². The molecule has 0 aliphatic heterocycles. The Hall–Kier alpha value is -1.51. The van der Waals surface area contributed by atoms with E-state index in [1.807, 2.05) is 6.07 Å². The number of nitrogens with zero attached hydrogens (tertiary/aromatic N) is 2. The molecule has 0 aliphatic carbocycles. The van der Waals surface area contributed by atoms with E-state index >= 15 is 0 Å². The first-order valence-corrected chi connectivity index (χ1v) is 5.01. The number of anilines is 1. The number of unbranched alkanes of at least 4 members (excludes halogenated alkanes) is 1. The molecule has 0 unspecified atom stereocenters. The summed E-state index contributed by atoms with van der Waals surface area (Å²) in [5.41, 5.74) is 7.42. The minimum atomic E-state index is 0.728. The van der Waals surface area contributed by atoms with E-state index in [1.165, 1.54) is 12.8 Å². The van der Waals surface area contributed by atoms with Crippen molar-refractivity contribution in [3.8, 4) is 0 Å². The summed E-state index contributed by atoms with van der Waals surface area (Å²) in [6, 6.07) is 4.03. The first-order chi connectivity index (χ1) is 6.81. The van der Waals surface area contributed by atoms with E-state index in [0.29, 0.717) is 0 Å². The van der Waals surface area contributed by atoms with Gasteiger partial charge in [-0.2, -0.15) is 0 Å². The van der Waals surface area contributed by atoms with Gasteiger partial charge in [0.2, 0.25) is 0 Å². The second-order valence-corrected chi connectivity index (χ2v) is 3.54. The molecule has 2 aromatic heterocycles. The number of aromatic nitrogens is 2. The van der Waals surface area contributed by atoms with Crippen LogP contribution in [0.4, 0.5) is 5.69 Å². The fraction of sp³-hybridized carbons (Fsp3) is 0.364. The zero-order valence-electron chi connectivity index (χ0n) is 8.40. The Kier molecular flexibility index (Phi) is 2.39. The second-order valence-electron chi connectivity index (χ2n) is 3.54. The second kappa shape index (κ2) is 3.70. The van der Waals surface area contributed by atoms with E-state index in [-0.39, 0.29) is 0 Å². The maximum Gasteiger partial charge on any atom is 0.139 e. The lowest BCUT2D eigenvalue weighted by Crippen LogP contribution is -1.97. The molecule has 74 valence electrons. The first kappa shape index (κ1) is 9.06. The van der Waals surface area contributed by atoms with Gasteiger partial charge in [0.15, 0.2) is 0 Å². The highest BCUT2D eigenvalue weighted by Gasteiger charge is 2.01. The number of fused-ring (bicyclic) bond motifs is 1. The third-order valence-corrected chi connectivity index (χ3v) is 2.37. The number of nitrogens with two attached hydrogens (primary N) is 1. The van der Waals surface area contributed by atoms with Gasteiger partial charge in [0.1, 0.15) is 5.65 Å². The van der Waals surface area contributed by atoms with Gasteiger partial charge in [-0.1, -0.05) is 13.3 Å². The highest BCUT2D eigenvalue weighted by Crippen LogP contribution is 2.16. The zero-order chi connectivity index (χ0) is 9.97. The molecule has 2 heterocycles. The Morgan fingerprint density at radius 1 is 1.50 bits per heavy atom. The van der Waals surface area contributed by atoms with E-state index in [2.05, 4.69) is 28.7 Å². The highest BCUT2D eigenvalue weighted by molar-refractivity contribution is 5.79. The van der Waals surface area contributed by atoms with Crippen LogP contribution in [0.2, 0.25) is 0 Å². The van der Waals surface area contributed by atoms with Crippen LogP contribution in [0.25, 0.3) is 11.0 Å². The smallest absolute Gasteiger partial charge is 0.139 e. The topological polar surface area (TPSA) is 43.8 Å². The molecule has 2 rings (SSSR count). The Labute approximate surface area is 83.6 Å². The quantitative estimate of drug-likeness (QED) is 0.805. The van der Waals surface area contributed by atoms with Crippen molar-refractivity contribution in [2.24, 2.45) is 0 Å². The van der Waals surface area contributed by atoms with Crippen LogP contribution in [0, 0.1) is 0 Å². The predicted octanol–water partition coefficient (Wildman–Crippen LogP) is 2.42. The molecular weight excluding hydrogens is 174 g/mol. The van der Waals surface area contributed by atoms with Crippen molar-refractivity contribution in [3.63, 3.8) is 0 Å². The lowest BCUT2D eigenvalue weighted by molar-refractivity contribution is 0.646. The number of aryl methyl sites for hydroxylation is 1. The number of pyridine rings is 1. The summed E-state index contributed by atoms with van der Waals surface area (Å²) in [5.74, 6) is 0. The molecule has 3 nitrogen and oxygen atoms in total. The molecule has 0 aromatic carbocycles. The van der Waals surface area contributed by atoms with Gasteiger partial charge in [0.25, 0.3) is 0 Å². The van der Waals surface area contributed by atoms with Crippen molar-refractivity contribution in [2.75, 3.05) is 5.73 Å². The van der Waals surface area contributed by atoms with Crippen LogP contribution in [-0.4, -0.2) is 9.55 Å². The van der Waals surface area contributed by atoms with Crippen molar-refractivity contribution in [1.82, 2.24) is 9.55 Å². The molecular formula is C11H15N3. The van der Waals surface area contributed by atoms with Crippen LogP contribution >= 0.6 is 0 Å². The van der Waals surface area contributed by atoms with Gasteiger partial charge < -0.3 is 10.3 Å². The SMILES string of the molecule is CCCCn1ccc2cc(N)cnc21. The molecule has 0 spiro atoms. The minimum Gasteiger partial charge on any atom is -0.397 e. The molecule has 0 saturated heterocycles. The van der Waals surface area contributed by atoms with E-state index < -0.39 is 0 Å². The molecule has 0 fully saturated rings. The summed E-state index contributed by atoms with van der Waals surface area (Å²) in [7, 11) is 0. The maximum absolute atomic E-state index is 5.66. The van der Waals surface area contributed by atoms with Crippen LogP contribution in [0.3, 0.4) is 0 Å². The van der Waals surface area contributed by atoms with Crippen molar-refractivity contribution < 1.29 is 0 Å². The van der Waals surface area contributed by atoms with Gasteiger partial charge in [-0.3, -0.25) is 0 Å². The first-order valence-electron chi connectivity index (χ1n) is 5.01. The number of hydrogen-bond donors (Lipinski definition) is 1. The molecule has 2 aromatic rings. The third kappa shape index (κ3) is 1.58. The van der Waals surface area contributed by atoms with Gasteiger partial charge in [-0.15, -0.1) is 0 Å². The molecule has 0 aliphatic rings. The standard InChI is InChI=1S/C11H15N3/c1-2-3-5-14-6-4-9-7-10(12)8-13-11(9)14/h4,6-8H,2-3,5,12H2,1H3. The van der Waals surface area contributed by atoms with Crippen molar-refractivity contribution in [3.05, 3.63) is 24.5 Å². The van der Waals surface area contributed by atoms with E-state index in [9.17, 15) is 0 Å². The summed E-state index contributed by atoms with van der Waals surface area (Å²) in [5, 5.41) is 1.13. The summed E-state index contributed by atoms with van der Waals surface area (Å²) < 4.78 is 2.18. The van der Waals surface area contributed by atoms with Crippen molar-refractivity contribution in [1.29, 1.82) is 0 Å². The average molecular weight is 189 g/mol. The van der Waals surface area contributed by atoms with Crippen LogP contribution < -0.4 is 5.73 Å². The van der Waals surface area contributed by atoms with Crippen LogP contribution in [0.5, 0.6) is 0 Å². The fourth-order valence-electron chi connectivity index (χ4n) is 1.60. The van der Waals surface area contributed by atoms with Gasteiger partial charge in [-0.05, 0) is 18.6 Å². The molecule has 0 radical (unpaired) electrons. The molecule has 0 bridgehead atoms. The summed E-state index contributed by atoms with van der Waals surface area (Å²) in [6.07, 6.45) is 6.18. The molecule has 14 heavy (non-hydrogen) atoms. The molecule has 0 atom stereocenters. The van der Waals surface area contributed by atoms with Crippen LogP contribution in [-0.2, 0) is 6.54 Å². The van der Waals surface area contributed by atoms with E-state index in [1.54, 1.807) is 6.20 Å². The number of rotatable bonds is 3. The number of nitrogen functional groups attached to an aromatic ring is 1. The summed E-state index contributed by atoms with van der Waals surface area (Å²) >= 11 is 0. The van der Waals surface area contributed by atoms with E-state index in [4.69, 9.17) is 5.73 Å². The lowest BCUT2D eigenvalue weighted by Gasteiger charge is -2.02. The zero-order valence-corrected chi connectivity index (χ0v) is 8.40. The molecule has 0 amide bonds. The monoisotopic (exact) mass is 189 g/mol. The van der Waals surface area contributed by atoms with Gasteiger partial charge >= 0.3 is 0 Å². The van der Waals surface area contributed by atoms with Crippen molar-refractivity contribution >= 4 is 16.7 Å². The van der Waals surface area contributed by atoms with Crippen LogP contribution in [0.1, 0.15) is 19.8 Å². The lowest BCUT2D eigenvalue weighted by atomic mass is 10.3. The summed E-state index contributed by atoms with van der Waals surface area (Å²) in [4.78, 5) is 4.33. The maximum atomic E-state index is 5.66. The normalized spacial score (nSPS) is 10.9. The summed E-state index contributed by atoms with van der Waals surface area (Å²) in [6.45, 7) is 3.23. The average Bonchev–Trinajstić information content (AvgIpc) is 2.57. The Bertz CT molecular complexity index is 431. The Morgan fingerprint density at radius 2 is 2.36 bits per heavy atom. The Morgan fingerprint density at radius 3 is 3.14 bits per heavy atom. The molecule has 3 heteroatoms. The van der Waals surface area contributed by atoms with E-state index in [0.717, 1.165) is 23.3 Å². The van der Waals surface area contributed by atoms with Gasteiger partial charge in [0, 0.05) is 18.1 Å². The number of hydrogen-bond acceptors (Lipinski definition) is 2. The highest BCUT2D eigenvalue weighted by atomic mass is 15.0.